The molecule has 1 saturated heterocycles. The molecular weight excluding hydrogens is 459 g/mol. The third-order valence-electron chi connectivity index (χ3n) is 7.20. The van der Waals surface area contributed by atoms with Gasteiger partial charge in [-0.05, 0) is 55.7 Å². The Kier molecular flexibility index (Phi) is 5.34. The van der Waals surface area contributed by atoms with Crippen molar-refractivity contribution in [3.8, 4) is 5.69 Å². The number of amides is 1. The van der Waals surface area contributed by atoms with Gasteiger partial charge in [-0.2, -0.15) is 0 Å². The van der Waals surface area contributed by atoms with E-state index in [9.17, 15) is 14.3 Å². The highest BCUT2D eigenvalue weighted by molar-refractivity contribution is 6.05. The summed E-state index contributed by atoms with van der Waals surface area (Å²) in [6.45, 7) is 2.51. The number of hydrogen-bond acceptors (Lipinski definition) is 5. The molecule has 5 aromatic rings. The Labute approximate surface area is 206 Å². The number of hydrogen-bond donors (Lipinski definition) is 1. The molecule has 3 aromatic carbocycles. The highest BCUT2D eigenvalue weighted by Gasteiger charge is 2.38. The number of aromatic nitrogens is 3. The number of piperidine rings is 1. The average Bonchev–Trinajstić information content (AvgIpc) is 3.52. The zero-order valence-electron chi connectivity index (χ0n) is 19.8. The van der Waals surface area contributed by atoms with Crippen molar-refractivity contribution in [2.75, 3.05) is 13.1 Å². The Hall–Kier alpha value is -4.04. The van der Waals surface area contributed by atoms with Crippen LogP contribution in [0, 0.1) is 12.7 Å². The molecule has 0 spiro atoms. The lowest BCUT2D eigenvalue weighted by atomic mass is 9.88. The van der Waals surface area contributed by atoms with E-state index in [1.807, 2.05) is 42.5 Å². The van der Waals surface area contributed by atoms with Gasteiger partial charge in [0.25, 0.3) is 0 Å². The third kappa shape index (κ3) is 3.83. The van der Waals surface area contributed by atoms with Crippen LogP contribution in [0.5, 0.6) is 0 Å². The van der Waals surface area contributed by atoms with E-state index in [4.69, 9.17) is 4.42 Å². The molecular formula is C28H25FN4O3. The summed E-state index contributed by atoms with van der Waals surface area (Å²) >= 11 is 0. The van der Waals surface area contributed by atoms with Crippen LogP contribution in [-0.4, -0.2) is 44.0 Å². The predicted molar refractivity (Wildman–Crippen MR) is 133 cm³/mol. The largest absolute Gasteiger partial charge is 0.456 e. The fourth-order valence-corrected chi connectivity index (χ4v) is 4.99. The van der Waals surface area contributed by atoms with Crippen LogP contribution in [0.4, 0.5) is 4.39 Å². The highest BCUT2D eigenvalue weighted by Crippen LogP contribution is 2.33. The van der Waals surface area contributed by atoms with E-state index in [1.165, 1.54) is 10.7 Å². The molecule has 0 radical (unpaired) electrons. The van der Waals surface area contributed by atoms with Gasteiger partial charge in [0.05, 0.1) is 18.3 Å². The van der Waals surface area contributed by atoms with Gasteiger partial charge in [0, 0.05) is 29.4 Å². The lowest BCUT2D eigenvalue weighted by Gasteiger charge is -2.37. The fourth-order valence-electron chi connectivity index (χ4n) is 4.99. The van der Waals surface area contributed by atoms with Gasteiger partial charge in [0.2, 0.25) is 5.91 Å². The number of benzene rings is 3. The van der Waals surface area contributed by atoms with Crippen LogP contribution >= 0.6 is 0 Å². The number of carbonyl (C=O) groups is 1. The van der Waals surface area contributed by atoms with Gasteiger partial charge in [-0.3, -0.25) is 4.79 Å². The van der Waals surface area contributed by atoms with Crippen molar-refractivity contribution in [3.05, 3.63) is 89.5 Å². The van der Waals surface area contributed by atoms with Crippen molar-refractivity contribution < 1.29 is 18.7 Å². The van der Waals surface area contributed by atoms with E-state index < -0.39 is 5.60 Å². The van der Waals surface area contributed by atoms with Crippen molar-refractivity contribution in [2.45, 2.75) is 31.8 Å². The molecule has 3 heterocycles. The molecule has 1 aliphatic rings. The maximum absolute atomic E-state index is 14.0. The first kappa shape index (κ1) is 22.4. The van der Waals surface area contributed by atoms with Crippen molar-refractivity contribution in [2.24, 2.45) is 0 Å². The van der Waals surface area contributed by atoms with Gasteiger partial charge in [0.1, 0.15) is 28.3 Å². The first-order chi connectivity index (χ1) is 17.4. The summed E-state index contributed by atoms with van der Waals surface area (Å²) in [6.07, 6.45) is 2.63. The zero-order valence-corrected chi connectivity index (χ0v) is 19.8. The van der Waals surface area contributed by atoms with Crippen LogP contribution in [0.25, 0.3) is 27.6 Å². The first-order valence-corrected chi connectivity index (χ1v) is 12.0. The molecule has 0 saturated carbocycles. The predicted octanol–water partition coefficient (Wildman–Crippen LogP) is 4.67. The third-order valence-corrected chi connectivity index (χ3v) is 7.20. The van der Waals surface area contributed by atoms with E-state index in [1.54, 1.807) is 30.2 Å². The van der Waals surface area contributed by atoms with Crippen LogP contribution in [-0.2, 0) is 16.8 Å². The van der Waals surface area contributed by atoms with Crippen LogP contribution in [0.3, 0.4) is 0 Å². The van der Waals surface area contributed by atoms with Crippen LogP contribution in [0.1, 0.15) is 29.7 Å². The van der Waals surface area contributed by atoms with Gasteiger partial charge < -0.3 is 14.4 Å². The number of furan rings is 1. The van der Waals surface area contributed by atoms with Crippen molar-refractivity contribution >= 4 is 27.8 Å². The van der Waals surface area contributed by atoms with E-state index in [0.29, 0.717) is 42.9 Å². The standard InChI is InChI=1S/C28H25FN4O3/c1-18-22(29)6-4-7-23(18)33-17-26(30-31-33)28(35)11-13-32(14-12-28)27(34)16-19-9-10-25-21(15-19)20-5-2-3-8-24(20)36-25/h2-10,15,17,35H,11-14,16H2,1H3. The number of rotatable bonds is 4. The zero-order chi connectivity index (χ0) is 24.9. The minimum absolute atomic E-state index is 0.0169. The summed E-state index contributed by atoms with van der Waals surface area (Å²) < 4.78 is 21.3. The molecule has 1 N–H and O–H groups in total. The van der Waals surface area contributed by atoms with Gasteiger partial charge >= 0.3 is 0 Å². The monoisotopic (exact) mass is 484 g/mol. The van der Waals surface area contributed by atoms with Crippen molar-refractivity contribution in [1.82, 2.24) is 19.9 Å². The number of halogens is 1. The van der Waals surface area contributed by atoms with Gasteiger partial charge in [-0.15, -0.1) is 5.10 Å². The summed E-state index contributed by atoms with van der Waals surface area (Å²) in [4.78, 5) is 14.8. The smallest absolute Gasteiger partial charge is 0.226 e. The Morgan fingerprint density at radius 1 is 1.06 bits per heavy atom. The second-order valence-corrected chi connectivity index (χ2v) is 9.45. The Morgan fingerprint density at radius 3 is 2.67 bits per heavy atom. The molecule has 0 atom stereocenters. The van der Waals surface area contributed by atoms with Crippen molar-refractivity contribution in [3.63, 3.8) is 0 Å². The molecule has 0 aliphatic carbocycles. The minimum Gasteiger partial charge on any atom is -0.456 e. The summed E-state index contributed by atoms with van der Waals surface area (Å²) in [5.74, 6) is -0.307. The van der Waals surface area contributed by atoms with Crippen molar-refractivity contribution in [1.29, 1.82) is 0 Å². The topological polar surface area (TPSA) is 84.4 Å². The molecule has 6 rings (SSSR count). The number of likely N-dealkylation sites (tertiary alicyclic amines) is 1. The normalized spacial score (nSPS) is 15.6. The quantitative estimate of drug-likeness (QED) is 0.401. The molecule has 1 amide bonds. The summed E-state index contributed by atoms with van der Waals surface area (Å²) in [7, 11) is 0. The average molecular weight is 485 g/mol. The van der Waals surface area contributed by atoms with Crippen LogP contribution < -0.4 is 0 Å². The van der Waals surface area contributed by atoms with Crippen LogP contribution in [0.2, 0.25) is 0 Å². The number of carbonyl (C=O) groups excluding carboxylic acids is 1. The molecule has 7 nitrogen and oxygen atoms in total. The molecule has 8 heteroatoms. The Morgan fingerprint density at radius 2 is 1.83 bits per heavy atom. The lowest BCUT2D eigenvalue weighted by molar-refractivity contribution is -0.135. The van der Waals surface area contributed by atoms with Gasteiger partial charge in [-0.25, -0.2) is 9.07 Å². The second-order valence-electron chi connectivity index (χ2n) is 9.45. The van der Waals surface area contributed by atoms with E-state index >= 15 is 0 Å². The molecule has 36 heavy (non-hydrogen) atoms. The lowest BCUT2D eigenvalue weighted by Crippen LogP contribution is -2.45. The summed E-state index contributed by atoms with van der Waals surface area (Å²) in [5.41, 5.74) is 2.83. The fraction of sp³-hybridized carbons (Fsp3) is 0.250. The number of nitrogens with zero attached hydrogens (tertiary/aromatic N) is 4. The highest BCUT2D eigenvalue weighted by atomic mass is 19.1. The number of aliphatic hydroxyl groups is 1. The molecule has 1 fully saturated rings. The maximum Gasteiger partial charge on any atom is 0.226 e. The SMILES string of the molecule is Cc1c(F)cccc1-n1cc(C2(O)CCN(C(=O)Cc3ccc4oc5ccccc5c4c3)CC2)nn1. The molecule has 0 unspecified atom stereocenters. The van der Waals surface area contributed by atoms with Gasteiger partial charge in [0.15, 0.2) is 0 Å². The summed E-state index contributed by atoms with van der Waals surface area (Å²) in [5, 5.41) is 21.6. The molecule has 2 aromatic heterocycles. The molecule has 0 bridgehead atoms. The number of para-hydroxylation sites is 1. The van der Waals surface area contributed by atoms with Crippen LogP contribution in [0.15, 0.2) is 71.3 Å². The maximum atomic E-state index is 14.0. The van der Waals surface area contributed by atoms with E-state index in [-0.39, 0.29) is 18.1 Å². The number of fused-ring (bicyclic) bond motifs is 3. The second kappa shape index (κ2) is 8.57. The first-order valence-electron chi connectivity index (χ1n) is 12.0. The summed E-state index contributed by atoms with van der Waals surface area (Å²) in [6, 6.07) is 18.5. The van der Waals surface area contributed by atoms with Gasteiger partial charge in [-0.1, -0.05) is 35.5 Å². The Balaban J connectivity index is 1.14. The molecule has 182 valence electrons. The minimum atomic E-state index is -1.19. The van der Waals surface area contributed by atoms with E-state index in [2.05, 4.69) is 10.3 Å². The Bertz CT molecular complexity index is 1600. The van der Waals surface area contributed by atoms with E-state index in [0.717, 1.165) is 27.5 Å². The molecule has 1 aliphatic heterocycles.